The fourth-order valence-corrected chi connectivity index (χ4v) is 3.99. The lowest BCUT2D eigenvalue weighted by Crippen LogP contribution is -2.19. The maximum atomic E-state index is 13.1. The highest BCUT2D eigenvalue weighted by Gasteiger charge is 2.28. The Balaban J connectivity index is 1.49. The van der Waals surface area contributed by atoms with Crippen molar-refractivity contribution in [3.8, 4) is 0 Å². The first kappa shape index (κ1) is 23.0. The lowest BCUT2D eigenvalue weighted by molar-refractivity contribution is 0.0881. The maximum absolute atomic E-state index is 13.1. The molecule has 1 atom stereocenters. The molecule has 5 nitrogen and oxygen atoms in total. The molecule has 0 fully saturated rings. The van der Waals surface area contributed by atoms with E-state index < -0.39 is 5.92 Å². The fourth-order valence-electron chi connectivity index (χ4n) is 3.99. The third-order valence-electron chi connectivity index (χ3n) is 5.79. The molecule has 0 bridgehead atoms. The van der Waals surface area contributed by atoms with Gasteiger partial charge in [0.2, 0.25) is 5.91 Å². The SMILES string of the molecule is CCCCCCCCCCCCc1cc(C(C(=O)n2ccnc2)c2ccccc2)on1. The minimum absolute atomic E-state index is 0.0923. The molecule has 5 heteroatoms. The molecule has 3 rings (SSSR count). The fraction of sp³-hybridized carbons (Fsp3) is 0.500. The van der Waals surface area contributed by atoms with E-state index in [0.29, 0.717) is 5.76 Å². The van der Waals surface area contributed by atoms with Crippen molar-refractivity contribution in [2.45, 2.75) is 83.5 Å². The molecular formula is C26H35N3O2. The highest BCUT2D eigenvalue weighted by molar-refractivity contribution is 5.88. The second-order valence-corrected chi connectivity index (χ2v) is 8.30. The van der Waals surface area contributed by atoms with E-state index in [9.17, 15) is 4.79 Å². The molecule has 31 heavy (non-hydrogen) atoms. The number of carbonyl (C=O) groups excluding carboxylic acids is 1. The molecule has 0 spiro atoms. The van der Waals surface area contributed by atoms with Gasteiger partial charge >= 0.3 is 0 Å². The summed E-state index contributed by atoms with van der Waals surface area (Å²) >= 11 is 0. The van der Waals surface area contributed by atoms with Gasteiger partial charge in [-0.1, -0.05) is 100 Å². The van der Waals surface area contributed by atoms with Crippen molar-refractivity contribution in [2.75, 3.05) is 0 Å². The zero-order chi connectivity index (χ0) is 21.7. The predicted molar refractivity (Wildman–Crippen MR) is 123 cm³/mol. The Kier molecular flexibility index (Phi) is 9.55. The van der Waals surface area contributed by atoms with Crippen LogP contribution < -0.4 is 0 Å². The van der Waals surface area contributed by atoms with Crippen LogP contribution in [-0.4, -0.2) is 20.6 Å². The molecule has 3 aromatic rings. The average molecular weight is 422 g/mol. The number of benzene rings is 1. The first-order chi connectivity index (χ1) is 15.3. The zero-order valence-electron chi connectivity index (χ0n) is 18.7. The highest BCUT2D eigenvalue weighted by Crippen LogP contribution is 2.27. The van der Waals surface area contributed by atoms with E-state index >= 15 is 0 Å². The topological polar surface area (TPSA) is 60.9 Å². The van der Waals surface area contributed by atoms with Gasteiger partial charge in [-0.25, -0.2) is 4.98 Å². The van der Waals surface area contributed by atoms with Gasteiger partial charge in [-0.15, -0.1) is 0 Å². The lowest BCUT2D eigenvalue weighted by Gasteiger charge is -2.13. The standard InChI is InChI=1S/C26H35N3O2/c1-2-3-4-5-6-7-8-9-10-14-17-23-20-24(31-28-23)25(22-15-12-11-13-16-22)26(30)29-19-18-27-21-29/h11-13,15-16,18-21,25H,2-10,14,17H2,1H3. The van der Waals surface area contributed by atoms with Crippen molar-refractivity contribution < 1.29 is 9.32 Å². The third-order valence-corrected chi connectivity index (χ3v) is 5.79. The molecular weight excluding hydrogens is 386 g/mol. The Morgan fingerprint density at radius 2 is 1.65 bits per heavy atom. The second kappa shape index (κ2) is 12.9. The molecule has 2 heterocycles. The molecule has 0 saturated heterocycles. The molecule has 1 aromatic carbocycles. The lowest BCUT2D eigenvalue weighted by atomic mass is 9.95. The molecule has 0 N–H and O–H groups in total. The third kappa shape index (κ3) is 7.20. The van der Waals surface area contributed by atoms with E-state index in [1.54, 1.807) is 12.4 Å². The Bertz CT molecular complexity index is 871. The summed E-state index contributed by atoms with van der Waals surface area (Å²) in [5.41, 5.74) is 1.82. The number of aromatic nitrogens is 3. The quantitative estimate of drug-likeness (QED) is 0.268. The Morgan fingerprint density at radius 1 is 0.968 bits per heavy atom. The van der Waals surface area contributed by atoms with Crippen molar-refractivity contribution in [3.05, 3.63) is 72.1 Å². The van der Waals surface area contributed by atoms with E-state index in [0.717, 1.165) is 24.1 Å². The van der Waals surface area contributed by atoms with Crippen molar-refractivity contribution in [1.29, 1.82) is 0 Å². The van der Waals surface area contributed by atoms with Crippen LogP contribution in [0.4, 0.5) is 0 Å². The van der Waals surface area contributed by atoms with Gasteiger partial charge in [-0.3, -0.25) is 9.36 Å². The van der Waals surface area contributed by atoms with Gasteiger partial charge in [0.15, 0.2) is 5.76 Å². The van der Waals surface area contributed by atoms with E-state index in [-0.39, 0.29) is 5.91 Å². The van der Waals surface area contributed by atoms with Gasteiger partial charge < -0.3 is 4.52 Å². The van der Waals surface area contributed by atoms with Crippen LogP contribution in [0.15, 0.2) is 59.6 Å². The van der Waals surface area contributed by atoms with E-state index in [1.807, 2.05) is 36.4 Å². The molecule has 0 saturated carbocycles. The number of rotatable bonds is 14. The summed E-state index contributed by atoms with van der Waals surface area (Å²) in [6, 6.07) is 11.7. The van der Waals surface area contributed by atoms with Crippen LogP contribution in [0, 0.1) is 0 Å². The summed E-state index contributed by atoms with van der Waals surface area (Å²) in [7, 11) is 0. The average Bonchev–Trinajstić information content (AvgIpc) is 3.49. The van der Waals surface area contributed by atoms with E-state index in [4.69, 9.17) is 4.52 Å². The van der Waals surface area contributed by atoms with Gasteiger partial charge in [-0.2, -0.15) is 0 Å². The number of imidazole rings is 1. The molecule has 0 aliphatic rings. The number of carbonyl (C=O) groups is 1. The minimum Gasteiger partial charge on any atom is -0.360 e. The van der Waals surface area contributed by atoms with E-state index in [1.165, 1.54) is 68.7 Å². The summed E-state index contributed by atoms with van der Waals surface area (Å²) in [6.07, 6.45) is 18.8. The monoisotopic (exact) mass is 421 g/mol. The van der Waals surface area contributed by atoms with Crippen LogP contribution in [0.2, 0.25) is 0 Å². The van der Waals surface area contributed by atoms with Crippen LogP contribution in [-0.2, 0) is 6.42 Å². The van der Waals surface area contributed by atoms with Crippen LogP contribution >= 0.6 is 0 Å². The molecule has 2 aromatic heterocycles. The summed E-state index contributed by atoms with van der Waals surface area (Å²) in [5.74, 6) is -0.0262. The summed E-state index contributed by atoms with van der Waals surface area (Å²) in [5, 5.41) is 4.25. The summed E-state index contributed by atoms with van der Waals surface area (Å²) in [6.45, 7) is 2.26. The van der Waals surface area contributed by atoms with Crippen LogP contribution in [0.1, 0.15) is 98.9 Å². The highest BCUT2D eigenvalue weighted by atomic mass is 16.5. The zero-order valence-corrected chi connectivity index (χ0v) is 18.7. The minimum atomic E-state index is -0.524. The van der Waals surface area contributed by atoms with Crippen molar-refractivity contribution in [3.63, 3.8) is 0 Å². The van der Waals surface area contributed by atoms with Gasteiger partial charge in [0.1, 0.15) is 12.2 Å². The number of hydrogen-bond donors (Lipinski definition) is 0. The summed E-state index contributed by atoms with van der Waals surface area (Å²) < 4.78 is 7.14. The molecule has 0 radical (unpaired) electrons. The number of nitrogens with zero attached hydrogens (tertiary/aromatic N) is 3. The number of unbranched alkanes of at least 4 members (excludes halogenated alkanes) is 9. The van der Waals surface area contributed by atoms with E-state index in [2.05, 4.69) is 17.1 Å². The van der Waals surface area contributed by atoms with Crippen molar-refractivity contribution >= 4 is 5.91 Å². The van der Waals surface area contributed by atoms with Crippen LogP contribution in [0.3, 0.4) is 0 Å². The number of aryl methyl sites for hydroxylation is 1. The molecule has 0 aliphatic carbocycles. The van der Waals surface area contributed by atoms with Crippen molar-refractivity contribution in [2.24, 2.45) is 0 Å². The number of hydrogen-bond acceptors (Lipinski definition) is 4. The largest absolute Gasteiger partial charge is 0.360 e. The Morgan fingerprint density at radius 3 is 2.29 bits per heavy atom. The Hall–Kier alpha value is -2.69. The van der Waals surface area contributed by atoms with Crippen LogP contribution in [0.25, 0.3) is 0 Å². The Labute approximate surface area is 185 Å². The van der Waals surface area contributed by atoms with Gasteiger partial charge in [-0.05, 0) is 18.4 Å². The normalized spacial score (nSPS) is 12.2. The van der Waals surface area contributed by atoms with Gasteiger partial charge in [0, 0.05) is 18.5 Å². The molecule has 0 aliphatic heterocycles. The maximum Gasteiger partial charge on any atom is 0.247 e. The van der Waals surface area contributed by atoms with Crippen LogP contribution in [0.5, 0.6) is 0 Å². The van der Waals surface area contributed by atoms with Gasteiger partial charge in [0.05, 0.1) is 5.69 Å². The first-order valence-electron chi connectivity index (χ1n) is 11.8. The second-order valence-electron chi connectivity index (χ2n) is 8.30. The smallest absolute Gasteiger partial charge is 0.247 e. The molecule has 1 unspecified atom stereocenters. The van der Waals surface area contributed by atoms with Crippen molar-refractivity contribution in [1.82, 2.24) is 14.7 Å². The predicted octanol–water partition coefficient (Wildman–Crippen LogP) is 6.81. The molecule has 166 valence electrons. The summed E-state index contributed by atoms with van der Waals surface area (Å²) in [4.78, 5) is 17.1. The first-order valence-corrected chi connectivity index (χ1v) is 11.8. The molecule has 0 amide bonds. The van der Waals surface area contributed by atoms with Gasteiger partial charge in [0.25, 0.3) is 0 Å².